The topological polar surface area (TPSA) is 118 Å². The molecule has 8 aromatic rings. The molecule has 0 aliphatic carbocycles. The molecule has 66 heavy (non-hydrogen) atoms. The van der Waals surface area contributed by atoms with Crippen LogP contribution in [0.25, 0.3) is 33.9 Å². The van der Waals surface area contributed by atoms with E-state index in [0.717, 1.165) is 28.3 Å². The number of carbonyl (C=O) groups excluding carboxylic acids is 1. The first-order valence-electron chi connectivity index (χ1n) is 20.1. The number of ether oxygens (including phenoxy) is 3. The maximum absolute atomic E-state index is 13.4. The maximum Gasteiger partial charge on any atom is 0.339 e. The number of rotatable bonds is 13. The summed E-state index contributed by atoms with van der Waals surface area (Å²) in [5.41, 5.74) is 7.78. The summed E-state index contributed by atoms with van der Waals surface area (Å²) in [5, 5.41) is 10.9. The quantitative estimate of drug-likeness (QED) is 0.114. The van der Waals surface area contributed by atoms with E-state index in [4.69, 9.17) is 60.6 Å². The van der Waals surface area contributed by atoms with Gasteiger partial charge in [-0.05, 0) is 118 Å². The van der Waals surface area contributed by atoms with Gasteiger partial charge in [0.25, 0.3) is 0 Å². The van der Waals surface area contributed by atoms with Gasteiger partial charge in [-0.1, -0.05) is 58.5 Å². The summed E-state index contributed by atoms with van der Waals surface area (Å²) in [6, 6.07) is 29.8. The number of aromatic nitrogens is 4. The number of esters is 1. The van der Waals surface area contributed by atoms with E-state index in [1.54, 1.807) is 80.0 Å². The zero-order valence-corrected chi connectivity index (χ0v) is 38.4. The van der Waals surface area contributed by atoms with Crippen molar-refractivity contribution in [1.82, 2.24) is 19.1 Å². The number of halogens is 6. The van der Waals surface area contributed by atoms with E-state index in [1.165, 1.54) is 36.7 Å². The minimum Gasteiger partial charge on any atom is -0.488 e. The Bertz CT molecular complexity index is 3080. The molecule has 4 aromatic heterocycles. The third-order valence-corrected chi connectivity index (χ3v) is 11.3. The highest BCUT2D eigenvalue weighted by Crippen LogP contribution is 2.38. The highest BCUT2D eigenvalue weighted by atomic mass is 35.5. The molecule has 0 atom stereocenters. The van der Waals surface area contributed by atoms with Crippen molar-refractivity contribution in [3.63, 3.8) is 0 Å². The van der Waals surface area contributed by atoms with Gasteiger partial charge in [-0.2, -0.15) is 0 Å². The fourth-order valence-corrected chi connectivity index (χ4v) is 7.76. The average Bonchev–Trinajstić information content (AvgIpc) is 3.88. The Morgan fingerprint density at radius 1 is 0.591 bits per heavy atom. The molecule has 1 N–H and O–H groups in total. The van der Waals surface area contributed by atoms with Gasteiger partial charge in [-0.3, -0.25) is 9.97 Å². The van der Waals surface area contributed by atoms with E-state index in [0.29, 0.717) is 55.2 Å². The zero-order valence-electron chi connectivity index (χ0n) is 35.4. The second-order valence-electron chi connectivity index (χ2n) is 14.6. The SMILES string of the molecule is CCOC(=O)c1cncc(-n2c(C)ccc2-c2cc(Cl)ccc2OCc2ccc(F)cc2Cl)c1.Cc1ccc(-c2cc(Cl)ccc2OCc2ccc(F)cc2Cl)n1-c1cncc(C(=O)O)c1. The molecule has 4 heterocycles. The first-order chi connectivity index (χ1) is 31.7. The van der Waals surface area contributed by atoms with Crippen LogP contribution in [0, 0.1) is 25.5 Å². The lowest BCUT2D eigenvalue weighted by molar-refractivity contribution is 0.0525. The molecule has 0 saturated carbocycles. The van der Waals surface area contributed by atoms with Crippen LogP contribution in [0.2, 0.25) is 20.1 Å². The molecule has 0 radical (unpaired) electrons. The van der Waals surface area contributed by atoms with Crippen LogP contribution >= 0.6 is 46.4 Å². The van der Waals surface area contributed by atoms with Crippen molar-refractivity contribution in [2.75, 3.05) is 6.61 Å². The van der Waals surface area contributed by atoms with Crippen LogP contribution in [0.4, 0.5) is 8.78 Å². The summed E-state index contributed by atoms with van der Waals surface area (Å²) < 4.78 is 47.8. The lowest BCUT2D eigenvalue weighted by Crippen LogP contribution is -2.08. The molecule has 0 unspecified atom stereocenters. The molecular weight excluding hydrogens is 932 g/mol. The van der Waals surface area contributed by atoms with Crippen LogP contribution in [-0.4, -0.2) is 42.8 Å². The van der Waals surface area contributed by atoms with E-state index in [1.807, 2.05) is 47.2 Å². The van der Waals surface area contributed by atoms with Crippen molar-refractivity contribution in [2.45, 2.75) is 34.0 Å². The smallest absolute Gasteiger partial charge is 0.339 e. The van der Waals surface area contributed by atoms with Gasteiger partial charge >= 0.3 is 11.9 Å². The predicted molar refractivity (Wildman–Crippen MR) is 252 cm³/mol. The second-order valence-corrected chi connectivity index (χ2v) is 16.3. The molecule has 0 aliphatic heterocycles. The molecule has 0 aliphatic rings. The summed E-state index contributed by atoms with van der Waals surface area (Å²) in [6.45, 7) is 6.16. The van der Waals surface area contributed by atoms with Crippen LogP contribution < -0.4 is 9.47 Å². The molecule has 10 nitrogen and oxygen atoms in total. The van der Waals surface area contributed by atoms with Crippen LogP contribution in [0.1, 0.15) is 50.2 Å². The Labute approximate surface area is 398 Å². The summed E-state index contributed by atoms with van der Waals surface area (Å²) >= 11 is 24.9. The summed E-state index contributed by atoms with van der Waals surface area (Å²) in [4.78, 5) is 31.9. The highest BCUT2D eigenvalue weighted by Gasteiger charge is 2.19. The van der Waals surface area contributed by atoms with Crippen molar-refractivity contribution in [2.24, 2.45) is 0 Å². The molecule has 4 aromatic carbocycles. The van der Waals surface area contributed by atoms with Crippen molar-refractivity contribution in [3.05, 3.63) is 199 Å². The lowest BCUT2D eigenvalue weighted by atomic mass is 10.1. The molecule has 0 spiro atoms. The largest absolute Gasteiger partial charge is 0.488 e. The number of aryl methyl sites for hydroxylation is 2. The number of carboxylic acid groups (broad SMARTS) is 1. The Balaban J connectivity index is 0.000000197. The number of pyridine rings is 2. The number of aromatic carboxylic acids is 1. The zero-order chi connectivity index (χ0) is 47.1. The van der Waals surface area contributed by atoms with Crippen molar-refractivity contribution in [1.29, 1.82) is 0 Å². The molecule has 0 saturated heterocycles. The third-order valence-electron chi connectivity index (χ3n) is 10.1. The molecule has 16 heteroatoms. The molecule has 336 valence electrons. The van der Waals surface area contributed by atoms with Gasteiger partial charge < -0.3 is 28.5 Å². The predicted octanol–water partition coefficient (Wildman–Crippen LogP) is 13.6. The van der Waals surface area contributed by atoms with Gasteiger partial charge in [0.05, 0.1) is 62.9 Å². The summed E-state index contributed by atoms with van der Waals surface area (Å²) in [7, 11) is 0. The van der Waals surface area contributed by atoms with E-state index in [9.17, 15) is 23.5 Å². The van der Waals surface area contributed by atoms with Crippen LogP contribution in [0.15, 0.2) is 134 Å². The minimum atomic E-state index is -1.06. The summed E-state index contributed by atoms with van der Waals surface area (Å²) in [6.07, 6.45) is 6.03. The highest BCUT2D eigenvalue weighted by molar-refractivity contribution is 6.32. The lowest BCUT2D eigenvalue weighted by Gasteiger charge is -2.17. The number of nitrogens with zero attached hydrogens (tertiary/aromatic N) is 4. The normalized spacial score (nSPS) is 10.9. The second kappa shape index (κ2) is 21.1. The standard InChI is InChI=1S/C26H21Cl2FN2O3.C24H17Cl2FN2O3/c1-3-33-26(32)18-10-21(14-30-13-18)31-16(2)4-8-24(31)22-11-19(27)6-9-25(22)34-15-17-5-7-20(29)12-23(17)28;1-14-2-6-22(29(14)19-8-16(24(30)31)11-28-12-19)20-9-17(25)4-7-23(20)32-13-15-3-5-18(27)10-21(15)26/h4-14H,3,15H2,1-2H3;2-12H,13H2,1H3,(H,30,31). The number of carbonyl (C=O) groups is 2. The molecule has 0 bridgehead atoms. The number of hydrogen-bond donors (Lipinski definition) is 1. The van der Waals surface area contributed by atoms with E-state index in [-0.39, 0.29) is 35.4 Å². The molecular formula is C50H38Cl4F2N4O6. The van der Waals surface area contributed by atoms with E-state index in [2.05, 4.69) is 9.97 Å². The fourth-order valence-electron chi connectivity index (χ4n) is 6.97. The van der Waals surface area contributed by atoms with E-state index < -0.39 is 23.6 Å². The van der Waals surface area contributed by atoms with E-state index >= 15 is 0 Å². The van der Waals surface area contributed by atoms with Crippen LogP contribution in [-0.2, 0) is 18.0 Å². The monoisotopic (exact) mass is 968 g/mol. The van der Waals surface area contributed by atoms with Gasteiger partial charge in [0.1, 0.15) is 36.3 Å². The van der Waals surface area contributed by atoms with Gasteiger partial charge in [0, 0.05) is 56.1 Å². The number of carboxylic acids is 1. The Morgan fingerprint density at radius 2 is 1.05 bits per heavy atom. The first-order valence-corrected chi connectivity index (χ1v) is 21.6. The number of benzene rings is 4. The van der Waals surface area contributed by atoms with Crippen molar-refractivity contribution >= 4 is 58.3 Å². The van der Waals surface area contributed by atoms with Gasteiger partial charge in [0.15, 0.2) is 0 Å². The molecule has 8 rings (SSSR count). The summed E-state index contributed by atoms with van der Waals surface area (Å²) in [5.74, 6) is -1.22. The van der Waals surface area contributed by atoms with Gasteiger partial charge in [-0.25, -0.2) is 18.4 Å². The van der Waals surface area contributed by atoms with Gasteiger partial charge in [-0.15, -0.1) is 0 Å². The molecule has 0 fully saturated rings. The van der Waals surface area contributed by atoms with Crippen molar-refractivity contribution in [3.8, 4) is 45.4 Å². The van der Waals surface area contributed by atoms with Crippen LogP contribution in [0.3, 0.4) is 0 Å². The first kappa shape index (κ1) is 47.3. The third kappa shape index (κ3) is 11.0. The Hall–Kier alpha value is -6.70. The molecule has 0 amide bonds. The average molecular weight is 971 g/mol. The fraction of sp³-hybridized carbons (Fsp3) is 0.120. The Morgan fingerprint density at radius 3 is 1.48 bits per heavy atom. The maximum atomic E-state index is 13.4. The Kier molecular flexibility index (Phi) is 15.1. The van der Waals surface area contributed by atoms with Crippen molar-refractivity contribution < 1.29 is 37.7 Å². The van der Waals surface area contributed by atoms with Gasteiger partial charge in [0.2, 0.25) is 0 Å². The number of hydrogen-bond acceptors (Lipinski definition) is 7. The minimum absolute atomic E-state index is 0.0788. The van der Waals surface area contributed by atoms with Crippen LogP contribution in [0.5, 0.6) is 11.5 Å².